The topological polar surface area (TPSA) is 73.9 Å². The predicted molar refractivity (Wildman–Crippen MR) is 137 cm³/mol. The Kier molecular flexibility index (Phi) is 10.0. The molecule has 0 aliphatic heterocycles. The van der Waals surface area contributed by atoms with Crippen molar-refractivity contribution in [2.75, 3.05) is 25.6 Å². The highest BCUT2D eigenvalue weighted by molar-refractivity contribution is 7.17. The number of ether oxygens (including phenoxy) is 3. The highest BCUT2D eigenvalue weighted by Gasteiger charge is 2.26. The van der Waals surface area contributed by atoms with Crippen LogP contribution in [0.4, 0.5) is 5.00 Å². The van der Waals surface area contributed by atoms with Crippen LogP contribution in [0.3, 0.4) is 0 Å². The van der Waals surface area contributed by atoms with Gasteiger partial charge in [-0.2, -0.15) is 0 Å². The zero-order chi connectivity index (χ0) is 24.3. The van der Waals surface area contributed by atoms with Gasteiger partial charge in [0.05, 0.1) is 25.9 Å². The van der Waals surface area contributed by atoms with Gasteiger partial charge in [-0.3, -0.25) is 4.79 Å². The van der Waals surface area contributed by atoms with Crippen LogP contribution in [0.1, 0.15) is 78.7 Å². The monoisotopic (exact) mass is 485 g/mol. The molecule has 0 unspecified atom stereocenters. The highest BCUT2D eigenvalue weighted by atomic mass is 32.1. The SMILES string of the molecule is CCCCCCOc1ccc(/C=C/C(=O)Nc2sc3c(c2C(=O)OCC)CCCC3)cc1OC. The first-order valence-corrected chi connectivity index (χ1v) is 13.0. The molecule has 0 saturated carbocycles. The molecule has 0 saturated heterocycles. The number of nitrogens with one attached hydrogen (secondary N) is 1. The van der Waals surface area contributed by atoms with Gasteiger partial charge in [0.15, 0.2) is 11.5 Å². The molecular formula is C27H35NO5S. The third-order valence-corrected chi connectivity index (χ3v) is 6.97. The number of benzene rings is 1. The molecule has 1 amide bonds. The summed E-state index contributed by atoms with van der Waals surface area (Å²) >= 11 is 1.48. The average molecular weight is 486 g/mol. The predicted octanol–water partition coefficient (Wildman–Crippen LogP) is 6.42. The van der Waals surface area contributed by atoms with Gasteiger partial charge >= 0.3 is 5.97 Å². The summed E-state index contributed by atoms with van der Waals surface area (Å²) in [5.74, 6) is 0.674. The van der Waals surface area contributed by atoms with Gasteiger partial charge in [-0.25, -0.2) is 4.79 Å². The van der Waals surface area contributed by atoms with E-state index in [4.69, 9.17) is 14.2 Å². The van der Waals surface area contributed by atoms with E-state index in [1.807, 2.05) is 18.2 Å². The smallest absolute Gasteiger partial charge is 0.341 e. The Balaban J connectivity index is 1.67. The number of rotatable bonds is 12. The Morgan fingerprint density at radius 1 is 1.09 bits per heavy atom. The summed E-state index contributed by atoms with van der Waals surface area (Å²) in [6, 6.07) is 5.60. The highest BCUT2D eigenvalue weighted by Crippen LogP contribution is 2.38. The van der Waals surface area contributed by atoms with E-state index in [9.17, 15) is 9.59 Å². The Morgan fingerprint density at radius 3 is 2.68 bits per heavy atom. The number of thiophene rings is 1. The molecule has 1 aliphatic rings. The quantitative estimate of drug-likeness (QED) is 0.213. The number of anilines is 1. The molecule has 1 aliphatic carbocycles. The molecule has 7 heteroatoms. The lowest BCUT2D eigenvalue weighted by atomic mass is 9.95. The van der Waals surface area contributed by atoms with Gasteiger partial charge < -0.3 is 19.5 Å². The van der Waals surface area contributed by atoms with Crippen LogP contribution < -0.4 is 14.8 Å². The van der Waals surface area contributed by atoms with Gasteiger partial charge in [0, 0.05) is 11.0 Å². The van der Waals surface area contributed by atoms with Crippen molar-refractivity contribution in [3.63, 3.8) is 0 Å². The minimum absolute atomic E-state index is 0.292. The lowest BCUT2D eigenvalue weighted by molar-refractivity contribution is -0.111. The van der Waals surface area contributed by atoms with E-state index < -0.39 is 0 Å². The van der Waals surface area contributed by atoms with Crippen molar-refractivity contribution < 1.29 is 23.8 Å². The van der Waals surface area contributed by atoms with Crippen LogP contribution in [0.25, 0.3) is 6.08 Å². The molecule has 1 N–H and O–H groups in total. The maximum atomic E-state index is 12.7. The van der Waals surface area contributed by atoms with Crippen molar-refractivity contribution in [1.82, 2.24) is 0 Å². The number of methoxy groups -OCH3 is 1. The van der Waals surface area contributed by atoms with Crippen LogP contribution >= 0.6 is 11.3 Å². The fraction of sp³-hybridized carbons (Fsp3) is 0.481. The average Bonchev–Trinajstić information content (AvgIpc) is 3.21. The number of hydrogen-bond donors (Lipinski definition) is 1. The summed E-state index contributed by atoms with van der Waals surface area (Å²) in [4.78, 5) is 26.4. The molecule has 0 fully saturated rings. The Hall–Kier alpha value is -2.80. The Bertz CT molecular complexity index is 1010. The number of hydrogen-bond acceptors (Lipinski definition) is 6. The molecule has 3 rings (SSSR count). The molecule has 0 radical (unpaired) electrons. The summed E-state index contributed by atoms with van der Waals surface area (Å²) in [6.07, 6.45) is 11.7. The number of esters is 1. The van der Waals surface area contributed by atoms with E-state index in [0.29, 0.717) is 35.3 Å². The van der Waals surface area contributed by atoms with Crippen molar-refractivity contribution >= 4 is 34.3 Å². The van der Waals surface area contributed by atoms with Crippen LogP contribution in [-0.2, 0) is 22.4 Å². The lowest BCUT2D eigenvalue weighted by Crippen LogP contribution is -2.14. The molecule has 0 atom stereocenters. The van der Waals surface area contributed by atoms with Gasteiger partial charge in [-0.1, -0.05) is 32.3 Å². The first-order chi connectivity index (χ1) is 16.6. The second-order valence-corrected chi connectivity index (χ2v) is 9.38. The number of carbonyl (C=O) groups is 2. The second kappa shape index (κ2) is 13.2. The van der Waals surface area contributed by atoms with E-state index in [1.54, 1.807) is 20.1 Å². The van der Waals surface area contributed by atoms with Crippen molar-refractivity contribution in [3.05, 3.63) is 45.8 Å². The number of aryl methyl sites for hydroxylation is 1. The maximum absolute atomic E-state index is 12.7. The summed E-state index contributed by atoms with van der Waals surface area (Å²) in [6.45, 7) is 4.93. The molecule has 1 aromatic carbocycles. The Labute approximate surface area is 206 Å². The Morgan fingerprint density at radius 2 is 1.91 bits per heavy atom. The molecule has 0 spiro atoms. The molecule has 2 aromatic rings. The van der Waals surface area contributed by atoms with Gasteiger partial charge in [0.1, 0.15) is 5.00 Å². The van der Waals surface area contributed by atoms with E-state index in [0.717, 1.165) is 49.7 Å². The van der Waals surface area contributed by atoms with E-state index in [-0.39, 0.29) is 11.9 Å². The van der Waals surface area contributed by atoms with Crippen molar-refractivity contribution in [1.29, 1.82) is 0 Å². The van der Waals surface area contributed by atoms with E-state index in [1.165, 1.54) is 35.1 Å². The molecule has 6 nitrogen and oxygen atoms in total. The van der Waals surface area contributed by atoms with Crippen molar-refractivity contribution in [2.45, 2.75) is 65.2 Å². The van der Waals surface area contributed by atoms with Crippen LogP contribution in [0, 0.1) is 0 Å². The van der Waals surface area contributed by atoms with Crippen LogP contribution in [0.5, 0.6) is 11.5 Å². The molecule has 184 valence electrons. The number of fused-ring (bicyclic) bond motifs is 1. The lowest BCUT2D eigenvalue weighted by Gasteiger charge is -2.12. The summed E-state index contributed by atoms with van der Waals surface area (Å²) in [7, 11) is 1.61. The van der Waals surface area contributed by atoms with Crippen LogP contribution in [-0.4, -0.2) is 32.2 Å². The van der Waals surface area contributed by atoms with Crippen molar-refractivity contribution in [3.8, 4) is 11.5 Å². The molecular weight excluding hydrogens is 450 g/mol. The standard InChI is InChI=1S/C27H35NO5S/c1-4-6-7-10-17-33-21-15-13-19(18-22(21)31-3)14-16-24(29)28-26-25(27(30)32-5-2)20-11-8-9-12-23(20)34-26/h13-16,18H,4-12,17H2,1-3H3,(H,28,29)/b16-14+. The largest absolute Gasteiger partial charge is 0.493 e. The summed E-state index contributed by atoms with van der Waals surface area (Å²) in [5, 5.41) is 3.47. The first kappa shape index (κ1) is 25.8. The van der Waals surface area contributed by atoms with Gasteiger partial charge in [-0.15, -0.1) is 11.3 Å². The first-order valence-electron chi connectivity index (χ1n) is 12.2. The summed E-state index contributed by atoms with van der Waals surface area (Å²) < 4.78 is 16.6. The molecule has 1 heterocycles. The number of unbranched alkanes of at least 4 members (excludes halogenated alkanes) is 3. The minimum Gasteiger partial charge on any atom is -0.493 e. The molecule has 0 bridgehead atoms. The van der Waals surface area contributed by atoms with Crippen molar-refractivity contribution in [2.24, 2.45) is 0 Å². The maximum Gasteiger partial charge on any atom is 0.341 e. The number of amides is 1. The van der Waals surface area contributed by atoms with Gasteiger partial charge in [-0.05, 0) is 68.4 Å². The van der Waals surface area contributed by atoms with E-state index >= 15 is 0 Å². The zero-order valence-corrected chi connectivity index (χ0v) is 21.2. The summed E-state index contributed by atoms with van der Waals surface area (Å²) in [5.41, 5.74) is 2.37. The third kappa shape index (κ3) is 6.86. The minimum atomic E-state index is -0.365. The fourth-order valence-electron chi connectivity index (χ4n) is 4.02. The normalized spacial score (nSPS) is 12.9. The molecule has 1 aromatic heterocycles. The van der Waals surface area contributed by atoms with Crippen LogP contribution in [0.2, 0.25) is 0 Å². The van der Waals surface area contributed by atoms with Gasteiger partial charge in [0.2, 0.25) is 5.91 Å². The second-order valence-electron chi connectivity index (χ2n) is 8.28. The van der Waals surface area contributed by atoms with Gasteiger partial charge in [0.25, 0.3) is 0 Å². The third-order valence-electron chi connectivity index (χ3n) is 5.76. The molecule has 34 heavy (non-hydrogen) atoms. The van der Waals surface area contributed by atoms with Crippen LogP contribution in [0.15, 0.2) is 24.3 Å². The zero-order valence-electron chi connectivity index (χ0n) is 20.4. The van der Waals surface area contributed by atoms with E-state index in [2.05, 4.69) is 12.2 Å². The number of carbonyl (C=O) groups excluding carboxylic acids is 2. The fourth-order valence-corrected chi connectivity index (χ4v) is 5.30.